The van der Waals surface area contributed by atoms with E-state index in [2.05, 4.69) is 30.1 Å². The van der Waals surface area contributed by atoms with Gasteiger partial charge in [-0.1, -0.05) is 35.9 Å². The topological polar surface area (TPSA) is 36.7 Å². The van der Waals surface area contributed by atoms with Crippen molar-refractivity contribution >= 4 is 10.9 Å². The van der Waals surface area contributed by atoms with Crippen molar-refractivity contribution in [3.8, 4) is 17.2 Å². The van der Waals surface area contributed by atoms with E-state index in [1.54, 1.807) is 6.20 Å². The van der Waals surface area contributed by atoms with E-state index in [9.17, 15) is 5.26 Å². The van der Waals surface area contributed by atoms with Crippen molar-refractivity contribution in [3.63, 3.8) is 0 Å². The number of pyridine rings is 1. The lowest BCUT2D eigenvalue weighted by atomic mass is 9.96. The van der Waals surface area contributed by atoms with E-state index in [1.807, 2.05) is 36.4 Å². The normalized spacial score (nSPS) is 10.3. The van der Waals surface area contributed by atoms with E-state index in [1.165, 1.54) is 5.56 Å². The molecule has 0 bridgehead atoms. The quantitative estimate of drug-likeness (QED) is 0.646. The fourth-order valence-electron chi connectivity index (χ4n) is 2.33. The summed E-state index contributed by atoms with van der Waals surface area (Å²) in [5.74, 6) is 0. The minimum atomic E-state index is 0.691. The highest BCUT2D eigenvalue weighted by molar-refractivity contribution is 5.92. The zero-order chi connectivity index (χ0) is 13.2. The number of nitriles is 1. The standard InChI is InChI=1S/C17H12N2/c1-12-4-2-5-13(10-12)14-7-8-17-15(16(14)11-18)6-3-9-19-17/h2-10H,1H3. The number of hydrogen-bond acceptors (Lipinski definition) is 2. The Morgan fingerprint density at radius 1 is 1.05 bits per heavy atom. The Labute approximate surface area is 112 Å². The third-order valence-corrected chi connectivity index (χ3v) is 3.23. The molecule has 0 fully saturated rings. The summed E-state index contributed by atoms with van der Waals surface area (Å²) in [5.41, 5.74) is 4.77. The molecule has 3 rings (SSSR count). The number of rotatable bonds is 1. The van der Waals surface area contributed by atoms with Crippen LogP contribution in [0.5, 0.6) is 0 Å². The summed E-state index contributed by atoms with van der Waals surface area (Å²) in [6.45, 7) is 2.05. The van der Waals surface area contributed by atoms with E-state index in [0.717, 1.165) is 22.0 Å². The van der Waals surface area contributed by atoms with Gasteiger partial charge in [0.05, 0.1) is 11.1 Å². The lowest BCUT2D eigenvalue weighted by molar-refractivity contribution is 1.40. The molecule has 0 aliphatic rings. The molecule has 2 nitrogen and oxygen atoms in total. The number of hydrogen-bond donors (Lipinski definition) is 0. The Morgan fingerprint density at radius 3 is 2.74 bits per heavy atom. The van der Waals surface area contributed by atoms with Gasteiger partial charge < -0.3 is 0 Å². The first-order valence-corrected chi connectivity index (χ1v) is 6.14. The molecular weight excluding hydrogens is 232 g/mol. The first kappa shape index (κ1) is 11.4. The van der Waals surface area contributed by atoms with Crippen LogP contribution in [0.1, 0.15) is 11.1 Å². The van der Waals surface area contributed by atoms with E-state index >= 15 is 0 Å². The first-order chi connectivity index (χ1) is 9.29. The number of aryl methyl sites for hydroxylation is 1. The van der Waals surface area contributed by atoms with Crippen LogP contribution in [0.2, 0.25) is 0 Å². The van der Waals surface area contributed by atoms with Crippen LogP contribution >= 0.6 is 0 Å². The van der Waals surface area contributed by atoms with Gasteiger partial charge in [0.15, 0.2) is 0 Å². The third-order valence-electron chi connectivity index (χ3n) is 3.23. The maximum Gasteiger partial charge on any atom is 0.100 e. The van der Waals surface area contributed by atoms with E-state index in [-0.39, 0.29) is 0 Å². The highest BCUT2D eigenvalue weighted by Crippen LogP contribution is 2.29. The molecule has 2 aromatic carbocycles. The molecule has 3 aromatic rings. The molecule has 19 heavy (non-hydrogen) atoms. The van der Waals surface area contributed by atoms with Crippen LogP contribution < -0.4 is 0 Å². The van der Waals surface area contributed by atoms with Crippen molar-refractivity contribution in [1.29, 1.82) is 5.26 Å². The van der Waals surface area contributed by atoms with Crippen LogP contribution in [-0.4, -0.2) is 4.98 Å². The van der Waals surface area contributed by atoms with Crippen LogP contribution in [0, 0.1) is 18.3 Å². The third kappa shape index (κ3) is 1.96. The minimum Gasteiger partial charge on any atom is -0.256 e. The fourth-order valence-corrected chi connectivity index (χ4v) is 2.33. The SMILES string of the molecule is Cc1cccc(-c2ccc3ncccc3c2C#N)c1. The molecular formula is C17H12N2. The first-order valence-electron chi connectivity index (χ1n) is 6.14. The highest BCUT2D eigenvalue weighted by atomic mass is 14.6. The predicted molar refractivity (Wildman–Crippen MR) is 76.6 cm³/mol. The van der Waals surface area contributed by atoms with Gasteiger partial charge in [0.2, 0.25) is 0 Å². The van der Waals surface area contributed by atoms with Gasteiger partial charge in [-0.2, -0.15) is 5.26 Å². The molecule has 0 aliphatic heterocycles. The summed E-state index contributed by atoms with van der Waals surface area (Å²) < 4.78 is 0. The molecule has 0 spiro atoms. The van der Waals surface area contributed by atoms with Crippen LogP contribution in [0.25, 0.3) is 22.0 Å². The minimum absolute atomic E-state index is 0.691. The lowest BCUT2D eigenvalue weighted by Gasteiger charge is -2.08. The predicted octanol–water partition coefficient (Wildman–Crippen LogP) is 4.08. The second-order valence-electron chi connectivity index (χ2n) is 4.54. The molecule has 0 amide bonds. The van der Waals surface area contributed by atoms with Crippen LogP contribution in [-0.2, 0) is 0 Å². The molecule has 0 unspecified atom stereocenters. The Balaban J connectivity index is 2.34. The van der Waals surface area contributed by atoms with Crippen molar-refractivity contribution in [3.05, 3.63) is 65.9 Å². The van der Waals surface area contributed by atoms with Gasteiger partial charge in [-0.15, -0.1) is 0 Å². The lowest BCUT2D eigenvalue weighted by Crippen LogP contribution is -1.89. The average molecular weight is 244 g/mol. The Kier molecular flexibility index (Phi) is 2.74. The van der Waals surface area contributed by atoms with Crippen LogP contribution in [0.3, 0.4) is 0 Å². The second kappa shape index (κ2) is 4.55. The van der Waals surface area contributed by atoms with Crippen molar-refractivity contribution in [2.75, 3.05) is 0 Å². The van der Waals surface area contributed by atoms with E-state index in [4.69, 9.17) is 0 Å². The Hall–Kier alpha value is -2.66. The molecule has 90 valence electrons. The van der Waals surface area contributed by atoms with Gasteiger partial charge in [0, 0.05) is 17.1 Å². The monoisotopic (exact) mass is 244 g/mol. The largest absolute Gasteiger partial charge is 0.256 e. The van der Waals surface area contributed by atoms with Crippen molar-refractivity contribution in [2.45, 2.75) is 6.92 Å². The van der Waals surface area contributed by atoms with Gasteiger partial charge in [0.25, 0.3) is 0 Å². The molecule has 0 aliphatic carbocycles. The summed E-state index contributed by atoms with van der Waals surface area (Å²) in [6, 6.07) is 18.3. The van der Waals surface area contributed by atoms with Crippen molar-refractivity contribution in [1.82, 2.24) is 4.98 Å². The summed E-state index contributed by atoms with van der Waals surface area (Å²) in [4.78, 5) is 4.29. The summed E-state index contributed by atoms with van der Waals surface area (Å²) in [5, 5.41) is 10.4. The fraction of sp³-hybridized carbons (Fsp3) is 0.0588. The Bertz CT molecular complexity index is 798. The van der Waals surface area contributed by atoms with Gasteiger partial charge >= 0.3 is 0 Å². The number of fused-ring (bicyclic) bond motifs is 1. The number of nitrogens with zero attached hydrogens (tertiary/aromatic N) is 2. The molecule has 0 radical (unpaired) electrons. The van der Waals surface area contributed by atoms with Crippen LogP contribution in [0.4, 0.5) is 0 Å². The number of aromatic nitrogens is 1. The molecule has 1 aromatic heterocycles. The zero-order valence-electron chi connectivity index (χ0n) is 10.6. The van der Waals surface area contributed by atoms with Crippen LogP contribution in [0.15, 0.2) is 54.7 Å². The maximum absolute atomic E-state index is 9.47. The van der Waals surface area contributed by atoms with Gasteiger partial charge in [-0.25, -0.2) is 0 Å². The van der Waals surface area contributed by atoms with Gasteiger partial charge in [-0.3, -0.25) is 4.98 Å². The van der Waals surface area contributed by atoms with Gasteiger partial charge in [0.1, 0.15) is 6.07 Å². The zero-order valence-corrected chi connectivity index (χ0v) is 10.6. The van der Waals surface area contributed by atoms with E-state index in [0.29, 0.717) is 5.56 Å². The molecule has 0 saturated carbocycles. The molecule has 1 heterocycles. The second-order valence-corrected chi connectivity index (χ2v) is 4.54. The average Bonchev–Trinajstić information content (AvgIpc) is 2.46. The molecule has 0 N–H and O–H groups in total. The number of benzene rings is 2. The maximum atomic E-state index is 9.47. The summed E-state index contributed by atoms with van der Waals surface area (Å²) >= 11 is 0. The molecule has 0 atom stereocenters. The molecule has 2 heteroatoms. The summed E-state index contributed by atoms with van der Waals surface area (Å²) in [7, 11) is 0. The van der Waals surface area contributed by atoms with E-state index < -0.39 is 0 Å². The smallest absolute Gasteiger partial charge is 0.100 e. The summed E-state index contributed by atoms with van der Waals surface area (Å²) in [6.07, 6.45) is 1.75. The highest BCUT2D eigenvalue weighted by Gasteiger charge is 2.09. The van der Waals surface area contributed by atoms with Crippen molar-refractivity contribution in [2.24, 2.45) is 0 Å². The van der Waals surface area contributed by atoms with Gasteiger partial charge in [-0.05, 0) is 30.7 Å². The Morgan fingerprint density at radius 2 is 1.95 bits per heavy atom. The molecule has 0 saturated heterocycles. The van der Waals surface area contributed by atoms with Crippen molar-refractivity contribution < 1.29 is 0 Å².